The van der Waals surface area contributed by atoms with Crippen molar-refractivity contribution >= 4 is 0 Å². The average Bonchev–Trinajstić information content (AvgIpc) is 3.29. The molecule has 5 rings (SSSR count). The molecule has 4 aliphatic rings. The van der Waals surface area contributed by atoms with Crippen LogP contribution in [0, 0.1) is 11.8 Å². The van der Waals surface area contributed by atoms with Crippen molar-refractivity contribution in [1.29, 1.82) is 0 Å². The zero-order valence-electron chi connectivity index (χ0n) is 13.4. The SMILES string of the molecule is Oc1cccc2c1O[C@H]1[C@H](O)CC[C@@H]3CN(CC4CC4)CC[C@@]231. The van der Waals surface area contributed by atoms with E-state index in [4.69, 9.17) is 4.74 Å². The third-order valence-electron chi connectivity index (χ3n) is 6.67. The first-order valence-electron chi connectivity index (χ1n) is 9.08. The summed E-state index contributed by atoms with van der Waals surface area (Å²) >= 11 is 0. The molecule has 23 heavy (non-hydrogen) atoms. The fourth-order valence-corrected chi connectivity index (χ4v) is 5.37. The van der Waals surface area contributed by atoms with E-state index in [9.17, 15) is 10.2 Å². The van der Waals surface area contributed by atoms with Gasteiger partial charge in [-0.05, 0) is 56.6 Å². The summed E-state index contributed by atoms with van der Waals surface area (Å²) in [5.74, 6) is 2.29. The monoisotopic (exact) mass is 315 g/mol. The maximum Gasteiger partial charge on any atom is 0.165 e. The van der Waals surface area contributed by atoms with Crippen LogP contribution in [0.25, 0.3) is 0 Å². The van der Waals surface area contributed by atoms with Gasteiger partial charge in [0.1, 0.15) is 6.10 Å². The van der Waals surface area contributed by atoms with Gasteiger partial charge in [-0.2, -0.15) is 0 Å². The number of rotatable bonds is 2. The van der Waals surface area contributed by atoms with Gasteiger partial charge < -0.3 is 19.8 Å². The van der Waals surface area contributed by atoms with Crippen molar-refractivity contribution < 1.29 is 14.9 Å². The minimum atomic E-state index is -0.423. The van der Waals surface area contributed by atoms with Gasteiger partial charge in [-0.25, -0.2) is 0 Å². The van der Waals surface area contributed by atoms with Gasteiger partial charge in [0.25, 0.3) is 0 Å². The number of aliphatic hydroxyl groups is 1. The van der Waals surface area contributed by atoms with Gasteiger partial charge in [-0.15, -0.1) is 0 Å². The van der Waals surface area contributed by atoms with E-state index >= 15 is 0 Å². The second-order valence-electron chi connectivity index (χ2n) is 8.03. The Bertz CT molecular complexity index is 629. The van der Waals surface area contributed by atoms with E-state index < -0.39 is 6.10 Å². The molecule has 3 fully saturated rings. The van der Waals surface area contributed by atoms with Crippen molar-refractivity contribution in [2.75, 3.05) is 19.6 Å². The first kappa shape index (κ1) is 14.1. The van der Waals surface area contributed by atoms with Gasteiger partial charge in [0, 0.05) is 24.1 Å². The highest BCUT2D eigenvalue weighted by Crippen LogP contribution is 2.58. The molecule has 0 radical (unpaired) electrons. The highest BCUT2D eigenvalue weighted by atomic mass is 16.5. The highest BCUT2D eigenvalue weighted by molar-refractivity contribution is 5.55. The molecule has 1 saturated heterocycles. The molecule has 4 atom stereocenters. The molecule has 2 aliphatic carbocycles. The van der Waals surface area contributed by atoms with Crippen LogP contribution in [0.5, 0.6) is 11.5 Å². The molecule has 4 nitrogen and oxygen atoms in total. The lowest BCUT2D eigenvalue weighted by atomic mass is 9.57. The number of benzene rings is 1. The molecule has 0 aromatic heterocycles. The van der Waals surface area contributed by atoms with Crippen LogP contribution < -0.4 is 4.74 Å². The number of aromatic hydroxyl groups is 1. The number of hydrogen-bond acceptors (Lipinski definition) is 4. The summed E-state index contributed by atoms with van der Waals surface area (Å²) in [6.45, 7) is 3.43. The van der Waals surface area contributed by atoms with Crippen molar-refractivity contribution in [2.45, 2.75) is 49.7 Å². The number of phenols is 1. The van der Waals surface area contributed by atoms with Gasteiger partial charge in [0.15, 0.2) is 11.5 Å². The summed E-state index contributed by atoms with van der Waals surface area (Å²) in [5.41, 5.74) is 1.03. The average molecular weight is 315 g/mol. The fraction of sp³-hybridized carbons (Fsp3) is 0.684. The van der Waals surface area contributed by atoms with E-state index in [-0.39, 0.29) is 17.3 Å². The minimum absolute atomic E-state index is 0.105. The topological polar surface area (TPSA) is 52.9 Å². The lowest BCUT2D eigenvalue weighted by molar-refractivity contribution is -0.0793. The summed E-state index contributed by atoms with van der Waals surface area (Å²) in [4.78, 5) is 2.63. The molecule has 1 spiro atoms. The van der Waals surface area contributed by atoms with E-state index in [1.165, 1.54) is 19.4 Å². The van der Waals surface area contributed by atoms with Crippen LogP contribution in [-0.2, 0) is 5.41 Å². The Morgan fingerprint density at radius 3 is 2.91 bits per heavy atom. The van der Waals surface area contributed by atoms with Crippen molar-refractivity contribution in [1.82, 2.24) is 4.90 Å². The van der Waals surface area contributed by atoms with E-state index in [0.29, 0.717) is 11.7 Å². The lowest BCUT2D eigenvalue weighted by Gasteiger charge is -2.52. The molecule has 2 N–H and O–H groups in total. The van der Waals surface area contributed by atoms with Gasteiger partial charge in [-0.1, -0.05) is 12.1 Å². The first-order valence-corrected chi connectivity index (χ1v) is 9.08. The zero-order valence-corrected chi connectivity index (χ0v) is 13.4. The van der Waals surface area contributed by atoms with Crippen molar-refractivity contribution in [3.05, 3.63) is 23.8 Å². The predicted octanol–water partition coefficient (Wildman–Crippen LogP) is 2.28. The molecule has 2 aliphatic heterocycles. The maximum atomic E-state index is 10.6. The molecule has 0 bridgehead atoms. The van der Waals surface area contributed by atoms with Gasteiger partial charge >= 0.3 is 0 Å². The summed E-state index contributed by atoms with van der Waals surface area (Å²) < 4.78 is 6.12. The Hall–Kier alpha value is -1.26. The van der Waals surface area contributed by atoms with Crippen LogP contribution in [-0.4, -0.2) is 47.0 Å². The lowest BCUT2D eigenvalue weighted by Crippen LogP contribution is -2.61. The summed E-state index contributed by atoms with van der Waals surface area (Å²) in [5, 5.41) is 20.8. The Balaban J connectivity index is 1.53. The standard InChI is InChI=1S/C19H25NO3/c21-15-3-1-2-14-17(15)23-18-16(22)7-6-13-11-20(10-12-4-5-12)9-8-19(13,14)18/h1-3,12-13,16,18,21-22H,4-11H2/t13-,16-,18+,19+/m1/s1. The Morgan fingerprint density at radius 1 is 1.22 bits per heavy atom. The van der Waals surface area contributed by atoms with Gasteiger partial charge in [-0.3, -0.25) is 0 Å². The van der Waals surface area contributed by atoms with Crippen molar-refractivity contribution in [3.63, 3.8) is 0 Å². The summed E-state index contributed by atoms with van der Waals surface area (Å²) in [6, 6.07) is 5.72. The molecular formula is C19H25NO3. The number of hydrogen-bond donors (Lipinski definition) is 2. The number of para-hydroxylation sites is 1. The van der Waals surface area contributed by atoms with Crippen molar-refractivity contribution in [3.8, 4) is 11.5 Å². The van der Waals surface area contributed by atoms with Crippen LogP contribution in [0.2, 0.25) is 0 Å². The normalized spacial score (nSPS) is 39.3. The van der Waals surface area contributed by atoms with Gasteiger partial charge in [0.05, 0.1) is 6.10 Å². The van der Waals surface area contributed by atoms with E-state index in [0.717, 1.165) is 43.8 Å². The van der Waals surface area contributed by atoms with Crippen LogP contribution in [0.4, 0.5) is 0 Å². The summed E-state index contributed by atoms with van der Waals surface area (Å²) in [6.07, 6.45) is 5.07. The van der Waals surface area contributed by atoms with E-state index in [1.54, 1.807) is 6.07 Å². The molecule has 2 heterocycles. The molecule has 2 saturated carbocycles. The maximum absolute atomic E-state index is 10.6. The number of aliphatic hydroxyl groups excluding tert-OH is 1. The smallest absolute Gasteiger partial charge is 0.165 e. The highest BCUT2D eigenvalue weighted by Gasteiger charge is 2.60. The third-order valence-corrected chi connectivity index (χ3v) is 6.67. The molecule has 1 aromatic carbocycles. The van der Waals surface area contributed by atoms with E-state index in [2.05, 4.69) is 11.0 Å². The molecule has 0 unspecified atom stereocenters. The predicted molar refractivity (Wildman–Crippen MR) is 86.7 cm³/mol. The Kier molecular flexibility index (Phi) is 2.99. The quantitative estimate of drug-likeness (QED) is 0.879. The molecule has 124 valence electrons. The number of ether oxygens (including phenoxy) is 1. The molecule has 1 aromatic rings. The fourth-order valence-electron chi connectivity index (χ4n) is 5.37. The number of phenolic OH excluding ortho intramolecular Hbond substituents is 1. The second kappa shape index (κ2) is 4.87. The van der Waals surface area contributed by atoms with E-state index in [1.807, 2.05) is 6.07 Å². The molecule has 4 heteroatoms. The van der Waals surface area contributed by atoms with Crippen LogP contribution in [0.15, 0.2) is 18.2 Å². The molecule has 0 amide bonds. The largest absolute Gasteiger partial charge is 0.504 e. The number of fused-ring (bicyclic) bond motifs is 1. The Labute approximate surface area is 137 Å². The van der Waals surface area contributed by atoms with Crippen molar-refractivity contribution in [2.24, 2.45) is 11.8 Å². The number of nitrogens with zero attached hydrogens (tertiary/aromatic N) is 1. The number of likely N-dealkylation sites (tertiary alicyclic amines) is 1. The van der Waals surface area contributed by atoms with Crippen LogP contribution in [0.1, 0.15) is 37.7 Å². The van der Waals surface area contributed by atoms with Crippen LogP contribution >= 0.6 is 0 Å². The minimum Gasteiger partial charge on any atom is -0.504 e. The first-order chi connectivity index (χ1) is 11.2. The second-order valence-corrected chi connectivity index (χ2v) is 8.03. The Morgan fingerprint density at radius 2 is 2.09 bits per heavy atom. The zero-order chi connectivity index (χ0) is 15.6. The number of piperidine rings is 1. The molecular weight excluding hydrogens is 290 g/mol. The van der Waals surface area contributed by atoms with Crippen LogP contribution in [0.3, 0.4) is 0 Å². The third kappa shape index (κ3) is 1.97. The summed E-state index contributed by atoms with van der Waals surface area (Å²) in [7, 11) is 0. The van der Waals surface area contributed by atoms with Gasteiger partial charge in [0.2, 0.25) is 0 Å².